The standard InChI is InChI=1S/C36H37F3O2/c1-26-15-21-33-30(24-26)18-22-32(28-12-6-3-7-13-28)35(33)29-16-19-31(20-17-29)41-34(36(37,38)39)14-8-9-23-40-25-27-10-4-2-5-11-27/h2-7,10-13,15-17,19-21,24,32,34-35H,8-9,14,18,22-23,25H2,1H3/t32-,34?,35+/m1/s1. The van der Waals surface area contributed by atoms with Crippen molar-refractivity contribution < 1.29 is 22.6 Å². The largest absolute Gasteiger partial charge is 0.481 e. The molecule has 2 nitrogen and oxygen atoms in total. The molecule has 5 rings (SSSR count). The molecule has 0 saturated carbocycles. The van der Waals surface area contributed by atoms with E-state index in [1.54, 1.807) is 12.1 Å². The van der Waals surface area contributed by atoms with Crippen LogP contribution in [0.25, 0.3) is 0 Å². The normalized spacial score (nSPS) is 17.6. The summed E-state index contributed by atoms with van der Waals surface area (Å²) in [7, 11) is 0. The predicted octanol–water partition coefficient (Wildman–Crippen LogP) is 9.55. The van der Waals surface area contributed by atoms with E-state index >= 15 is 0 Å². The first kappa shape index (κ1) is 28.9. The van der Waals surface area contributed by atoms with Gasteiger partial charge in [0.15, 0.2) is 6.10 Å². The van der Waals surface area contributed by atoms with Crippen LogP contribution in [-0.4, -0.2) is 18.9 Å². The summed E-state index contributed by atoms with van der Waals surface area (Å²) in [6.45, 7) is 2.99. The summed E-state index contributed by atoms with van der Waals surface area (Å²) in [6.07, 6.45) is -3.45. The van der Waals surface area contributed by atoms with E-state index in [0.717, 1.165) is 24.0 Å². The highest BCUT2D eigenvalue weighted by Crippen LogP contribution is 2.46. The van der Waals surface area contributed by atoms with Crippen molar-refractivity contribution in [1.29, 1.82) is 0 Å². The van der Waals surface area contributed by atoms with E-state index in [-0.39, 0.29) is 18.1 Å². The topological polar surface area (TPSA) is 18.5 Å². The third-order valence-corrected chi connectivity index (χ3v) is 7.99. The SMILES string of the molecule is Cc1ccc2c(c1)CC[C@H](c1ccccc1)[C@@H]2c1ccc(OC(CCCCOCc2ccccc2)C(F)(F)F)cc1. The molecule has 0 heterocycles. The van der Waals surface area contributed by atoms with Gasteiger partial charge in [0.1, 0.15) is 5.75 Å². The number of hydrogen-bond donors (Lipinski definition) is 0. The molecule has 0 fully saturated rings. The highest BCUT2D eigenvalue weighted by atomic mass is 19.4. The maximum Gasteiger partial charge on any atom is 0.425 e. The van der Waals surface area contributed by atoms with Gasteiger partial charge in [-0.25, -0.2) is 0 Å². The quantitative estimate of drug-likeness (QED) is 0.171. The summed E-state index contributed by atoms with van der Waals surface area (Å²) in [6, 6.07) is 34.2. The van der Waals surface area contributed by atoms with Crippen molar-refractivity contribution in [2.75, 3.05) is 6.61 Å². The molecule has 1 aliphatic rings. The van der Waals surface area contributed by atoms with Gasteiger partial charge in [0.2, 0.25) is 0 Å². The lowest BCUT2D eigenvalue weighted by Gasteiger charge is -2.35. The Morgan fingerprint density at radius 3 is 2.22 bits per heavy atom. The van der Waals surface area contributed by atoms with Gasteiger partial charge in [0, 0.05) is 12.5 Å². The molecule has 0 aliphatic heterocycles. The van der Waals surface area contributed by atoms with Crippen molar-refractivity contribution >= 4 is 0 Å². The molecule has 4 aromatic carbocycles. The van der Waals surface area contributed by atoms with Gasteiger partial charge < -0.3 is 9.47 Å². The van der Waals surface area contributed by atoms with E-state index in [1.807, 2.05) is 48.5 Å². The number of unbranched alkanes of at least 4 members (excludes halogenated alkanes) is 1. The second-order valence-corrected chi connectivity index (χ2v) is 11.0. The van der Waals surface area contributed by atoms with Crippen LogP contribution in [0.2, 0.25) is 0 Å². The number of ether oxygens (including phenoxy) is 2. The molecule has 0 aromatic heterocycles. The smallest absolute Gasteiger partial charge is 0.425 e. The molecule has 0 radical (unpaired) electrons. The number of benzene rings is 4. The Labute approximate surface area is 241 Å². The molecule has 1 unspecified atom stereocenters. The Morgan fingerprint density at radius 2 is 1.51 bits per heavy atom. The molecular formula is C36H37F3O2. The fraction of sp³-hybridized carbons (Fsp3) is 0.333. The number of hydrogen-bond acceptors (Lipinski definition) is 2. The van der Waals surface area contributed by atoms with Gasteiger partial charge in [-0.2, -0.15) is 13.2 Å². The van der Waals surface area contributed by atoms with E-state index in [4.69, 9.17) is 9.47 Å². The molecule has 5 heteroatoms. The minimum Gasteiger partial charge on any atom is -0.481 e. The maximum atomic E-state index is 13.9. The van der Waals surface area contributed by atoms with Gasteiger partial charge in [-0.1, -0.05) is 96.6 Å². The Kier molecular flexibility index (Phi) is 9.45. The van der Waals surface area contributed by atoms with E-state index in [1.165, 1.54) is 22.3 Å². The zero-order valence-corrected chi connectivity index (χ0v) is 23.4. The van der Waals surface area contributed by atoms with Gasteiger partial charge in [0.05, 0.1) is 6.61 Å². The number of aryl methyl sites for hydroxylation is 2. The summed E-state index contributed by atoms with van der Waals surface area (Å²) in [5.74, 6) is 0.669. The fourth-order valence-electron chi connectivity index (χ4n) is 5.93. The second kappa shape index (κ2) is 13.4. The Bertz CT molecular complexity index is 1370. The monoisotopic (exact) mass is 558 g/mol. The minimum absolute atomic E-state index is 0.106. The van der Waals surface area contributed by atoms with Crippen molar-refractivity contribution in [2.45, 2.75) is 69.8 Å². The van der Waals surface area contributed by atoms with Gasteiger partial charge in [-0.3, -0.25) is 0 Å². The molecule has 0 saturated heterocycles. The molecule has 1 aliphatic carbocycles. The lowest BCUT2D eigenvalue weighted by Crippen LogP contribution is -2.34. The van der Waals surface area contributed by atoms with Crippen molar-refractivity contribution in [3.63, 3.8) is 0 Å². The van der Waals surface area contributed by atoms with Crippen molar-refractivity contribution in [3.05, 3.63) is 137 Å². The molecule has 4 aromatic rings. The zero-order valence-electron chi connectivity index (χ0n) is 23.4. The summed E-state index contributed by atoms with van der Waals surface area (Å²) < 4.78 is 52.7. The third kappa shape index (κ3) is 7.59. The Balaban J connectivity index is 1.25. The first-order chi connectivity index (χ1) is 19.9. The summed E-state index contributed by atoms with van der Waals surface area (Å²) in [5, 5.41) is 0. The van der Waals surface area contributed by atoms with Crippen LogP contribution in [0.4, 0.5) is 13.2 Å². The van der Waals surface area contributed by atoms with Crippen LogP contribution in [0, 0.1) is 6.92 Å². The molecule has 0 N–H and O–H groups in total. The molecule has 41 heavy (non-hydrogen) atoms. The van der Waals surface area contributed by atoms with Crippen molar-refractivity contribution in [3.8, 4) is 5.75 Å². The van der Waals surface area contributed by atoms with Crippen LogP contribution in [-0.2, 0) is 17.8 Å². The zero-order chi connectivity index (χ0) is 28.7. The fourth-order valence-corrected chi connectivity index (χ4v) is 5.93. The van der Waals surface area contributed by atoms with E-state index < -0.39 is 12.3 Å². The van der Waals surface area contributed by atoms with E-state index in [2.05, 4.69) is 49.4 Å². The molecular weight excluding hydrogens is 521 g/mol. The maximum absolute atomic E-state index is 13.9. The summed E-state index contributed by atoms with van der Waals surface area (Å²) >= 11 is 0. The highest BCUT2D eigenvalue weighted by molar-refractivity contribution is 5.47. The van der Waals surface area contributed by atoms with Gasteiger partial charge in [0.25, 0.3) is 0 Å². The number of alkyl halides is 3. The van der Waals surface area contributed by atoms with Crippen LogP contribution < -0.4 is 4.74 Å². The predicted molar refractivity (Wildman–Crippen MR) is 157 cm³/mol. The van der Waals surface area contributed by atoms with Gasteiger partial charge >= 0.3 is 6.18 Å². The van der Waals surface area contributed by atoms with E-state index in [0.29, 0.717) is 32.0 Å². The van der Waals surface area contributed by atoms with Crippen LogP contribution in [0.1, 0.15) is 70.9 Å². The van der Waals surface area contributed by atoms with Crippen LogP contribution >= 0.6 is 0 Å². The molecule has 3 atom stereocenters. The van der Waals surface area contributed by atoms with Gasteiger partial charge in [-0.15, -0.1) is 0 Å². The van der Waals surface area contributed by atoms with Crippen molar-refractivity contribution in [2.24, 2.45) is 0 Å². The number of halogens is 3. The Hall–Kier alpha value is -3.57. The number of rotatable bonds is 11. The summed E-state index contributed by atoms with van der Waals surface area (Å²) in [4.78, 5) is 0. The summed E-state index contributed by atoms with van der Waals surface area (Å²) in [5.41, 5.74) is 7.32. The first-order valence-corrected chi connectivity index (χ1v) is 14.5. The van der Waals surface area contributed by atoms with Crippen LogP contribution in [0.3, 0.4) is 0 Å². The Morgan fingerprint density at radius 1 is 0.805 bits per heavy atom. The first-order valence-electron chi connectivity index (χ1n) is 14.5. The lowest BCUT2D eigenvalue weighted by molar-refractivity contribution is -0.197. The highest BCUT2D eigenvalue weighted by Gasteiger charge is 2.41. The minimum atomic E-state index is -4.44. The number of fused-ring (bicyclic) bond motifs is 1. The molecule has 214 valence electrons. The van der Waals surface area contributed by atoms with Crippen LogP contribution in [0.15, 0.2) is 103 Å². The third-order valence-electron chi connectivity index (χ3n) is 7.99. The lowest BCUT2D eigenvalue weighted by atomic mass is 9.69. The van der Waals surface area contributed by atoms with Crippen LogP contribution in [0.5, 0.6) is 5.75 Å². The van der Waals surface area contributed by atoms with Crippen molar-refractivity contribution in [1.82, 2.24) is 0 Å². The molecule has 0 amide bonds. The van der Waals surface area contributed by atoms with Gasteiger partial charge in [-0.05, 0) is 84.9 Å². The average molecular weight is 559 g/mol. The molecule has 0 spiro atoms. The molecule has 0 bridgehead atoms. The average Bonchev–Trinajstić information content (AvgIpc) is 2.98. The van der Waals surface area contributed by atoms with E-state index in [9.17, 15) is 13.2 Å². The second-order valence-electron chi connectivity index (χ2n) is 11.0.